The molecule has 0 unspecified atom stereocenters. The number of phenolic OH excluding ortho intramolecular Hbond substituents is 1. The number of hydrogen-bond donors (Lipinski definition) is 1. The molecule has 0 fully saturated rings. The van der Waals surface area contributed by atoms with Crippen molar-refractivity contribution in [1.29, 1.82) is 0 Å². The standard InChI is InChI=1S/C15H24O5Si/c1-15(2,3)21(6,7)20-11-9-8-10(14(17)19-5)12(16)13(11)18-4/h8-9,16H,1-7H3. The molecule has 0 amide bonds. The van der Waals surface area contributed by atoms with Crippen LogP contribution in [-0.2, 0) is 4.74 Å². The van der Waals surface area contributed by atoms with Gasteiger partial charge in [0, 0.05) is 0 Å². The Kier molecular flexibility index (Phi) is 4.93. The summed E-state index contributed by atoms with van der Waals surface area (Å²) in [6.45, 7) is 10.5. The highest BCUT2D eigenvalue weighted by Gasteiger charge is 2.40. The van der Waals surface area contributed by atoms with Crippen LogP contribution in [0.2, 0.25) is 18.1 Å². The third-order valence-corrected chi connectivity index (χ3v) is 8.22. The van der Waals surface area contributed by atoms with E-state index in [9.17, 15) is 9.90 Å². The fourth-order valence-corrected chi connectivity index (χ4v) is 2.55. The molecule has 5 nitrogen and oxygen atoms in total. The second kappa shape index (κ2) is 5.97. The Bertz CT molecular complexity index is 532. The summed E-state index contributed by atoms with van der Waals surface area (Å²) in [5.41, 5.74) is 0.0527. The summed E-state index contributed by atoms with van der Waals surface area (Å²) >= 11 is 0. The van der Waals surface area contributed by atoms with Crippen molar-refractivity contribution in [2.75, 3.05) is 14.2 Å². The zero-order valence-corrected chi connectivity index (χ0v) is 14.7. The molecule has 0 spiro atoms. The van der Waals surface area contributed by atoms with Crippen LogP contribution in [-0.4, -0.2) is 33.6 Å². The summed E-state index contributed by atoms with van der Waals surface area (Å²) in [4.78, 5) is 11.6. The fourth-order valence-electron chi connectivity index (χ4n) is 1.53. The number of methoxy groups -OCH3 is 2. The number of rotatable bonds is 4. The smallest absolute Gasteiger partial charge is 0.341 e. The Morgan fingerprint density at radius 3 is 2.19 bits per heavy atom. The summed E-state index contributed by atoms with van der Waals surface area (Å²) < 4.78 is 16.0. The maximum absolute atomic E-state index is 11.6. The third kappa shape index (κ3) is 3.50. The van der Waals surface area contributed by atoms with E-state index in [1.165, 1.54) is 20.3 Å². The van der Waals surface area contributed by atoms with Crippen LogP contribution in [0.5, 0.6) is 17.2 Å². The van der Waals surface area contributed by atoms with E-state index in [4.69, 9.17) is 9.16 Å². The largest absolute Gasteiger partial charge is 0.541 e. The van der Waals surface area contributed by atoms with Crippen molar-refractivity contribution in [3.63, 3.8) is 0 Å². The van der Waals surface area contributed by atoms with Gasteiger partial charge < -0.3 is 19.0 Å². The van der Waals surface area contributed by atoms with Crippen molar-refractivity contribution in [1.82, 2.24) is 0 Å². The van der Waals surface area contributed by atoms with Crippen LogP contribution in [0.25, 0.3) is 0 Å². The molecular weight excluding hydrogens is 288 g/mol. The van der Waals surface area contributed by atoms with Gasteiger partial charge in [-0.3, -0.25) is 0 Å². The van der Waals surface area contributed by atoms with E-state index >= 15 is 0 Å². The van der Waals surface area contributed by atoms with Gasteiger partial charge in [-0.05, 0) is 30.3 Å². The summed E-state index contributed by atoms with van der Waals surface area (Å²) in [6.07, 6.45) is 0. The first-order chi connectivity index (χ1) is 9.55. The van der Waals surface area contributed by atoms with Crippen molar-refractivity contribution in [2.24, 2.45) is 0 Å². The second-order valence-corrected chi connectivity index (χ2v) is 11.1. The molecule has 0 saturated heterocycles. The van der Waals surface area contributed by atoms with Crippen molar-refractivity contribution in [2.45, 2.75) is 38.9 Å². The van der Waals surface area contributed by atoms with Crippen molar-refractivity contribution >= 4 is 14.3 Å². The van der Waals surface area contributed by atoms with Gasteiger partial charge in [0.2, 0.25) is 5.75 Å². The van der Waals surface area contributed by atoms with Crippen LogP contribution < -0.4 is 9.16 Å². The van der Waals surface area contributed by atoms with Crippen LogP contribution in [0.15, 0.2) is 12.1 Å². The van der Waals surface area contributed by atoms with Crippen LogP contribution >= 0.6 is 0 Å². The van der Waals surface area contributed by atoms with Gasteiger partial charge in [0.25, 0.3) is 8.32 Å². The monoisotopic (exact) mass is 312 g/mol. The lowest BCUT2D eigenvalue weighted by atomic mass is 10.1. The maximum atomic E-state index is 11.6. The lowest BCUT2D eigenvalue weighted by Gasteiger charge is -2.36. The van der Waals surface area contributed by atoms with Gasteiger partial charge in [-0.1, -0.05) is 20.8 Å². The molecule has 0 aliphatic carbocycles. The SMILES string of the molecule is COC(=O)c1ccc(O[Si](C)(C)C(C)(C)C)c(OC)c1O. The zero-order chi connectivity index (χ0) is 16.4. The van der Waals surface area contributed by atoms with Crippen LogP contribution in [0.4, 0.5) is 0 Å². The average molecular weight is 312 g/mol. The van der Waals surface area contributed by atoms with Crippen molar-refractivity contribution in [3.05, 3.63) is 17.7 Å². The molecule has 21 heavy (non-hydrogen) atoms. The zero-order valence-electron chi connectivity index (χ0n) is 13.7. The molecular formula is C15H24O5Si. The summed E-state index contributed by atoms with van der Waals surface area (Å²) in [5, 5.41) is 10.2. The molecule has 1 aromatic rings. The highest BCUT2D eigenvalue weighted by Crippen LogP contribution is 2.44. The maximum Gasteiger partial charge on any atom is 0.341 e. The number of carbonyl (C=O) groups is 1. The Morgan fingerprint density at radius 1 is 1.19 bits per heavy atom. The minimum absolute atomic E-state index is 0.00858. The molecule has 0 radical (unpaired) electrons. The predicted molar refractivity (Wildman–Crippen MR) is 83.8 cm³/mol. The summed E-state index contributed by atoms with van der Waals surface area (Å²) in [6, 6.07) is 3.11. The molecule has 0 atom stereocenters. The Morgan fingerprint density at radius 2 is 1.76 bits per heavy atom. The number of esters is 1. The van der Waals surface area contributed by atoms with E-state index < -0.39 is 14.3 Å². The molecule has 1 N–H and O–H groups in total. The van der Waals surface area contributed by atoms with Crippen molar-refractivity contribution in [3.8, 4) is 17.2 Å². The topological polar surface area (TPSA) is 65.0 Å². The highest BCUT2D eigenvalue weighted by atomic mass is 28.4. The van der Waals surface area contributed by atoms with E-state index in [1.807, 2.05) is 0 Å². The lowest BCUT2D eigenvalue weighted by Crippen LogP contribution is -2.43. The van der Waals surface area contributed by atoms with Gasteiger partial charge in [0.15, 0.2) is 11.5 Å². The minimum Gasteiger partial charge on any atom is -0.541 e. The van der Waals surface area contributed by atoms with Crippen molar-refractivity contribution < 1.29 is 23.8 Å². The molecule has 0 saturated carbocycles. The molecule has 0 aromatic heterocycles. The summed E-state index contributed by atoms with van der Waals surface area (Å²) in [5.74, 6) is -0.290. The van der Waals surface area contributed by atoms with E-state index in [-0.39, 0.29) is 22.1 Å². The Hall–Kier alpha value is -1.69. The van der Waals surface area contributed by atoms with E-state index in [0.29, 0.717) is 5.75 Å². The van der Waals surface area contributed by atoms with Gasteiger partial charge >= 0.3 is 5.97 Å². The summed E-state index contributed by atoms with van der Waals surface area (Å²) in [7, 11) is 0.607. The van der Waals surface area contributed by atoms with E-state index in [2.05, 4.69) is 38.6 Å². The quantitative estimate of drug-likeness (QED) is 0.680. The van der Waals surface area contributed by atoms with Gasteiger partial charge in [0.1, 0.15) is 5.56 Å². The van der Waals surface area contributed by atoms with Crippen LogP contribution in [0, 0.1) is 0 Å². The molecule has 1 rings (SSSR count). The molecule has 6 heteroatoms. The van der Waals surface area contributed by atoms with Gasteiger partial charge in [-0.2, -0.15) is 0 Å². The predicted octanol–water partition coefficient (Wildman–Crippen LogP) is 3.57. The van der Waals surface area contributed by atoms with Crippen LogP contribution in [0.3, 0.4) is 0 Å². The fraction of sp³-hybridized carbons (Fsp3) is 0.533. The van der Waals surface area contributed by atoms with Gasteiger partial charge in [0.05, 0.1) is 14.2 Å². The Balaban J connectivity index is 3.28. The molecule has 0 aliphatic heterocycles. The number of benzene rings is 1. The first-order valence-electron chi connectivity index (χ1n) is 6.72. The molecule has 1 aromatic carbocycles. The van der Waals surface area contributed by atoms with Crippen LogP contribution in [0.1, 0.15) is 31.1 Å². The van der Waals surface area contributed by atoms with E-state index in [0.717, 1.165) is 0 Å². The second-order valence-electron chi connectivity index (χ2n) is 6.35. The number of hydrogen-bond acceptors (Lipinski definition) is 5. The number of aromatic hydroxyl groups is 1. The minimum atomic E-state index is -2.08. The average Bonchev–Trinajstić information content (AvgIpc) is 2.36. The molecule has 0 aliphatic rings. The third-order valence-electron chi connectivity index (χ3n) is 3.88. The first-order valence-corrected chi connectivity index (χ1v) is 9.63. The molecule has 0 bridgehead atoms. The Labute approximate surface area is 127 Å². The first kappa shape index (κ1) is 17.4. The molecule has 118 valence electrons. The number of ether oxygens (including phenoxy) is 2. The highest BCUT2D eigenvalue weighted by molar-refractivity contribution is 6.74. The van der Waals surface area contributed by atoms with E-state index in [1.54, 1.807) is 6.07 Å². The van der Waals surface area contributed by atoms with Gasteiger partial charge in [-0.25, -0.2) is 4.79 Å². The molecule has 0 heterocycles. The normalized spacial score (nSPS) is 12.0. The lowest BCUT2D eigenvalue weighted by molar-refractivity contribution is 0.0596. The van der Waals surface area contributed by atoms with Gasteiger partial charge in [-0.15, -0.1) is 0 Å². The number of phenols is 1. The number of carbonyl (C=O) groups excluding carboxylic acids is 1.